The lowest BCUT2D eigenvalue weighted by Crippen LogP contribution is -2.25. The van der Waals surface area contributed by atoms with Gasteiger partial charge in [-0.1, -0.05) is 0 Å². The highest BCUT2D eigenvalue weighted by Crippen LogP contribution is 2.09. The molecule has 0 aromatic carbocycles. The molecule has 0 aliphatic heterocycles. The zero-order chi connectivity index (χ0) is 13.8. The van der Waals surface area contributed by atoms with E-state index in [-0.39, 0.29) is 11.5 Å². The molecule has 0 N–H and O–H groups in total. The summed E-state index contributed by atoms with van der Waals surface area (Å²) in [4.78, 5) is 27.0. The number of aromatic nitrogens is 2. The molecule has 0 saturated carbocycles. The first-order chi connectivity index (χ1) is 8.29. The number of aryl methyl sites for hydroxylation is 1. The van der Waals surface area contributed by atoms with Crippen LogP contribution < -0.4 is 5.56 Å². The van der Waals surface area contributed by atoms with Crippen molar-refractivity contribution >= 4 is 28.6 Å². The fraction of sp³-hybridized carbons (Fsp3) is 0.583. The Bertz CT molecular complexity index is 477. The van der Waals surface area contributed by atoms with E-state index in [1.165, 1.54) is 0 Å². The summed E-state index contributed by atoms with van der Waals surface area (Å²) in [5.74, 6) is -0.237. The van der Waals surface area contributed by atoms with Crippen molar-refractivity contribution in [3.05, 3.63) is 26.4 Å². The van der Waals surface area contributed by atoms with Gasteiger partial charge < -0.3 is 9.30 Å². The smallest absolute Gasteiger partial charge is 0.306 e. The van der Waals surface area contributed by atoms with Gasteiger partial charge in [0.05, 0.1) is 0 Å². The zero-order valence-corrected chi connectivity index (χ0v) is 12.9. The molecule has 1 heterocycles. The second-order valence-electron chi connectivity index (χ2n) is 4.91. The minimum Gasteiger partial charge on any atom is -0.460 e. The summed E-state index contributed by atoms with van der Waals surface area (Å²) in [6.07, 6.45) is 4.09. The summed E-state index contributed by atoms with van der Waals surface area (Å²) in [6.45, 7) is 6.00. The van der Waals surface area contributed by atoms with Gasteiger partial charge in [0.15, 0.2) is 3.70 Å². The number of hydrogen-bond acceptors (Lipinski definition) is 4. The maximum absolute atomic E-state index is 11.7. The molecule has 0 aliphatic carbocycles. The standard InChI is InChI=1S/C12H17IN2O3/c1-12(2,3)18-9(16)5-4-7-15-8-6-14-10(13)11(15)17/h6,8H,4-5,7H2,1-3H3. The van der Waals surface area contributed by atoms with Crippen LogP contribution in [-0.2, 0) is 16.1 Å². The largest absolute Gasteiger partial charge is 0.460 e. The molecule has 18 heavy (non-hydrogen) atoms. The van der Waals surface area contributed by atoms with Crippen molar-refractivity contribution in [2.75, 3.05) is 0 Å². The van der Waals surface area contributed by atoms with E-state index in [1.807, 2.05) is 43.4 Å². The van der Waals surface area contributed by atoms with Crippen LogP contribution in [0.25, 0.3) is 0 Å². The van der Waals surface area contributed by atoms with E-state index in [0.717, 1.165) is 0 Å². The Balaban J connectivity index is 2.45. The Morgan fingerprint density at radius 3 is 2.78 bits per heavy atom. The molecule has 5 nitrogen and oxygen atoms in total. The highest BCUT2D eigenvalue weighted by atomic mass is 127. The topological polar surface area (TPSA) is 61.2 Å². The predicted octanol–water partition coefficient (Wildman–Crippen LogP) is 1.97. The summed E-state index contributed by atoms with van der Waals surface area (Å²) >= 11 is 1.90. The molecular weight excluding hydrogens is 347 g/mol. The Morgan fingerprint density at radius 1 is 1.50 bits per heavy atom. The van der Waals surface area contributed by atoms with Crippen molar-refractivity contribution in [1.29, 1.82) is 0 Å². The Hall–Kier alpha value is -0.920. The quantitative estimate of drug-likeness (QED) is 0.606. The normalized spacial score (nSPS) is 11.3. The molecule has 0 radical (unpaired) electrons. The molecule has 0 fully saturated rings. The SMILES string of the molecule is CC(C)(C)OC(=O)CCCn1ccnc(I)c1=O. The fourth-order valence-corrected chi connectivity index (χ4v) is 1.85. The van der Waals surface area contributed by atoms with Gasteiger partial charge in [0.25, 0.3) is 5.56 Å². The number of esters is 1. The first-order valence-corrected chi connectivity index (χ1v) is 6.80. The van der Waals surface area contributed by atoms with Gasteiger partial charge in [-0.05, 0) is 49.8 Å². The number of nitrogens with zero attached hydrogens (tertiary/aromatic N) is 2. The lowest BCUT2D eigenvalue weighted by molar-refractivity contribution is -0.154. The van der Waals surface area contributed by atoms with Gasteiger partial charge >= 0.3 is 5.97 Å². The molecular formula is C12H17IN2O3. The fourth-order valence-electron chi connectivity index (χ4n) is 1.38. The van der Waals surface area contributed by atoms with Crippen molar-refractivity contribution in [1.82, 2.24) is 9.55 Å². The first-order valence-electron chi connectivity index (χ1n) is 5.72. The molecule has 0 aliphatic rings. The highest BCUT2D eigenvalue weighted by Gasteiger charge is 2.15. The average molecular weight is 364 g/mol. The van der Waals surface area contributed by atoms with Crippen LogP contribution in [0, 0.1) is 3.70 Å². The van der Waals surface area contributed by atoms with Crippen molar-refractivity contribution in [3.8, 4) is 0 Å². The number of carbonyl (C=O) groups excluding carboxylic acids is 1. The van der Waals surface area contributed by atoms with E-state index >= 15 is 0 Å². The third kappa shape index (κ3) is 5.16. The molecule has 0 amide bonds. The molecule has 6 heteroatoms. The predicted molar refractivity (Wildman–Crippen MR) is 76.3 cm³/mol. The van der Waals surface area contributed by atoms with E-state index in [9.17, 15) is 9.59 Å². The first kappa shape index (κ1) is 15.1. The van der Waals surface area contributed by atoms with Crippen LogP contribution in [0.5, 0.6) is 0 Å². The van der Waals surface area contributed by atoms with Gasteiger partial charge in [-0.2, -0.15) is 0 Å². The van der Waals surface area contributed by atoms with Gasteiger partial charge in [0, 0.05) is 25.4 Å². The van der Waals surface area contributed by atoms with Crippen LogP contribution in [0.15, 0.2) is 17.2 Å². The van der Waals surface area contributed by atoms with Crippen molar-refractivity contribution in [2.24, 2.45) is 0 Å². The van der Waals surface area contributed by atoms with Gasteiger partial charge in [0.1, 0.15) is 5.60 Å². The third-order valence-electron chi connectivity index (χ3n) is 2.07. The van der Waals surface area contributed by atoms with Crippen LogP contribution in [-0.4, -0.2) is 21.1 Å². The molecule has 1 aromatic rings. The third-order valence-corrected chi connectivity index (χ3v) is 2.81. The van der Waals surface area contributed by atoms with Gasteiger partial charge in [-0.15, -0.1) is 0 Å². The molecule has 100 valence electrons. The summed E-state index contributed by atoms with van der Waals surface area (Å²) < 4.78 is 7.18. The minimum absolute atomic E-state index is 0.123. The summed E-state index contributed by atoms with van der Waals surface area (Å²) in [6, 6.07) is 0. The van der Waals surface area contributed by atoms with Gasteiger partial charge in [-0.3, -0.25) is 9.59 Å². The van der Waals surface area contributed by atoms with E-state index in [1.54, 1.807) is 17.0 Å². The number of halogens is 1. The molecule has 0 saturated heterocycles. The minimum atomic E-state index is -0.458. The van der Waals surface area contributed by atoms with E-state index < -0.39 is 5.60 Å². The molecule has 0 spiro atoms. The second-order valence-corrected chi connectivity index (χ2v) is 5.93. The molecule has 0 bridgehead atoms. The van der Waals surface area contributed by atoms with Crippen LogP contribution in [0.3, 0.4) is 0 Å². The maximum Gasteiger partial charge on any atom is 0.306 e. The van der Waals surface area contributed by atoms with Crippen LogP contribution in [0.4, 0.5) is 0 Å². The molecule has 1 rings (SSSR count). The molecule has 0 unspecified atom stereocenters. The van der Waals surface area contributed by atoms with Crippen LogP contribution in [0.1, 0.15) is 33.6 Å². The lowest BCUT2D eigenvalue weighted by Gasteiger charge is -2.19. The van der Waals surface area contributed by atoms with Crippen LogP contribution in [0.2, 0.25) is 0 Å². The molecule has 1 aromatic heterocycles. The van der Waals surface area contributed by atoms with Crippen molar-refractivity contribution in [3.63, 3.8) is 0 Å². The second kappa shape index (κ2) is 6.31. The monoisotopic (exact) mass is 364 g/mol. The van der Waals surface area contributed by atoms with E-state index in [2.05, 4.69) is 4.98 Å². The Labute approximate surface area is 120 Å². The van der Waals surface area contributed by atoms with Crippen LogP contribution >= 0.6 is 22.6 Å². The summed E-state index contributed by atoms with van der Waals surface area (Å²) in [5.41, 5.74) is -0.581. The number of rotatable bonds is 4. The van der Waals surface area contributed by atoms with E-state index in [4.69, 9.17) is 4.74 Å². The number of ether oxygens (including phenoxy) is 1. The average Bonchev–Trinajstić information content (AvgIpc) is 2.21. The number of hydrogen-bond donors (Lipinski definition) is 0. The van der Waals surface area contributed by atoms with Gasteiger partial charge in [0.2, 0.25) is 0 Å². The van der Waals surface area contributed by atoms with Crippen molar-refractivity contribution in [2.45, 2.75) is 45.8 Å². The van der Waals surface area contributed by atoms with Crippen molar-refractivity contribution < 1.29 is 9.53 Å². The highest BCUT2D eigenvalue weighted by molar-refractivity contribution is 14.1. The molecule has 0 atom stereocenters. The maximum atomic E-state index is 11.7. The Kier molecular flexibility index (Phi) is 5.30. The number of carbonyl (C=O) groups is 1. The Morgan fingerprint density at radius 2 is 2.17 bits per heavy atom. The van der Waals surface area contributed by atoms with E-state index in [0.29, 0.717) is 23.1 Å². The lowest BCUT2D eigenvalue weighted by atomic mass is 10.2. The van der Waals surface area contributed by atoms with Gasteiger partial charge in [-0.25, -0.2) is 4.98 Å². The summed E-state index contributed by atoms with van der Waals surface area (Å²) in [7, 11) is 0. The summed E-state index contributed by atoms with van der Waals surface area (Å²) in [5, 5.41) is 0. The zero-order valence-electron chi connectivity index (χ0n) is 10.8.